The second-order valence-corrected chi connectivity index (χ2v) is 3.90. The number of furan rings is 1. The number of ether oxygens (including phenoxy) is 1. The molecule has 0 fully saturated rings. The summed E-state index contributed by atoms with van der Waals surface area (Å²) < 4.78 is 9.88. The van der Waals surface area contributed by atoms with Crippen molar-refractivity contribution in [1.82, 2.24) is 0 Å². The highest BCUT2D eigenvalue weighted by atomic mass is 16.5. The molecule has 0 spiro atoms. The fourth-order valence-electron chi connectivity index (χ4n) is 1.16. The zero-order valence-electron chi connectivity index (χ0n) is 8.38. The molecule has 0 aliphatic carbocycles. The van der Waals surface area contributed by atoms with Crippen LogP contribution in [0, 0.1) is 0 Å². The average molecular weight is 182 g/mol. The van der Waals surface area contributed by atoms with Crippen LogP contribution in [0.3, 0.4) is 0 Å². The largest absolute Gasteiger partial charge is 0.468 e. The second-order valence-electron chi connectivity index (χ2n) is 3.90. The van der Waals surface area contributed by atoms with E-state index in [1.807, 2.05) is 20.8 Å². The molecule has 1 aromatic rings. The minimum atomic E-state index is -0.348. The van der Waals surface area contributed by atoms with Crippen LogP contribution in [0.15, 0.2) is 16.7 Å². The Hall–Kier alpha value is -1.25. The Labute approximate surface area is 77.7 Å². The minimum absolute atomic E-state index is 0.174. The Balaban J connectivity index is 3.10. The molecule has 0 radical (unpaired) electrons. The molecule has 0 N–H and O–H groups in total. The van der Waals surface area contributed by atoms with E-state index in [2.05, 4.69) is 4.74 Å². The molecule has 3 heteroatoms. The van der Waals surface area contributed by atoms with E-state index in [0.29, 0.717) is 11.3 Å². The molecule has 0 atom stereocenters. The molecular formula is C10H14O3. The van der Waals surface area contributed by atoms with Crippen molar-refractivity contribution in [3.63, 3.8) is 0 Å². The number of methoxy groups -OCH3 is 1. The normalized spacial score (nSPS) is 11.4. The van der Waals surface area contributed by atoms with Gasteiger partial charge in [0, 0.05) is 5.41 Å². The molecule has 0 aliphatic rings. The molecule has 0 unspecified atom stereocenters. The Bertz CT molecular complexity index is 304. The van der Waals surface area contributed by atoms with Gasteiger partial charge in [-0.3, -0.25) is 0 Å². The van der Waals surface area contributed by atoms with Crippen molar-refractivity contribution >= 4 is 5.97 Å². The van der Waals surface area contributed by atoms with Crippen molar-refractivity contribution in [3.05, 3.63) is 23.7 Å². The number of hydrogen-bond acceptors (Lipinski definition) is 3. The molecule has 1 heterocycles. The molecule has 3 nitrogen and oxygen atoms in total. The standard InChI is InChI=1S/C10H14O3/c1-10(2,3)8-7(5-6-13-8)9(11)12-4/h5-6H,1-4H3. The number of carbonyl (C=O) groups is 1. The molecule has 0 aliphatic heterocycles. The van der Waals surface area contributed by atoms with Gasteiger partial charge < -0.3 is 9.15 Å². The molecule has 0 saturated carbocycles. The summed E-state index contributed by atoms with van der Waals surface area (Å²) in [6, 6.07) is 1.63. The maximum atomic E-state index is 11.3. The summed E-state index contributed by atoms with van der Waals surface area (Å²) in [5.41, 5.74) is 0.336. The van der Waals surface area contributed by atoms with Crippen LogP contribution in [0.4, 0.5) is 0 Å². The second kappa shape index (κ2) is 3.24. The molecule has 0 aromatic carbocycles. The number of carbonyl (C=O) groups excluding carboxylic acids is 1. The van der Waals surface area contributed by atoms with E-state index in [0.717, 1.165) is 0 Å². The van der Waals surface area contributed by atoms with E-state index in [1.54, 1.807) is 6.07 Å². The van der Waals surface area contributed by atoms with Gasteiger partial charge in [0.15, 0.2) is 0 Å². The fraction of sp³-hybridized carbons (Fsp3) is 0.500. The molecule has 1 rings (SSSR count). The lowest BCUT2D eigenvalue weighted by Gasteiger charge is -2.16. The van der Waals surface area contributed by atoms with Gasteiger partial charge in [-0.15, -0.1) is 0 Å². The van der Waals surface area contributed by atoms with Gasteiger partial charge in [-0.2, -0.15) is 0 Å². The van der Waals surface area contributed by atoms with Gasteiger partial charge in [-0.25, -0.2) is 4.79 Å². The summed E-state index contributed by atoms with van der Waals surface area (Å²) in [5.74, 6) is 0.318. The highest BCUT2D eigenvalue weighted by Crippen LogP contribution is 2.26. The van der Waals surface area contributed by atoms with E-state index in [9.17, 15) is 4.79 Å². The Kier molecular flexibility index (Phi) is 2.45. The van der Waals surface area contributed by atoms with Crippen LogP contribution < -0.4 is 0 Å². The highest BCUT2D eigenvalue weighted by molar-refractivity contribution is 5.90. The minimum Gasteiger partial charge on any atom is -0.468 e. The maximum absolute atomic E-state index is 11.3. The first-order chi connectivity index (χ1) is 5.96. The summed E-state index contributed by atoms with van der Waals surface area (Å²) in [6.07, 6.45) is 1.51. The predicted octanol–water partition coefficient (Wildman–Crippen LogP) is 2.36. The van der Waals surface area contributed by atoms with Crippen LogP contribution in [0.2, 0.25) is 0 Å². The predicted molar refractivity (Wildman–Crippen MR) is 48.7 cm³/mol. The number of hydrogen-bond donors (Lipinski definition) is 0. The monoisotopic (exact) mass is 182 g/mol. The molecule has 13 heavy (non-hydrogen) atoms. The van der Waals surface area contributed by atoms with Gasteiger partial charge in [0.2, 0.25) is 0 Å². The zero-order valence-corrected chi connectivity index (χ0v) is 8.38. The molecule has 72 valence electrons. The average Bonchev–Trinajstić information content (AvgIpc) is 2.49. The first kappa shape index (κ1) is 9.84. The summed E-state index contributed by atoms with van der Waals surface area (Å²) in [6.45, 7) is 5.95. The molecule has 0 bridgehead atoms. The van der Waals surface area contributed by atoms with Crippen molar-refractivity contribution in [2.24, 2.45) is 0 Å². The lowest BCUT2D eigenvalue weighted by Crippen LogP contribution is -2.15. The van der Waals surface area contributed by atoms with E-state index in [-0.39, 0.29) is 11.4 Å². The summed E-state index contributed by atoms with van der Waals surface area (Å²) in [4.78, 5) is 11.3. The van der Waals surface area contributed by atoms with E-state index in [1.165, 1.54) is 13.4 Å². The first-order valence-corrected chi connectivity index (χ1v) is 4.13. The lowest BCUT2D eigenvalue weighted by atomic mass is 9.90. The van der Waals surface area contributed by atoms with E-state index < -0.39 is 0 Å². The van der Waals surface area contributed by atoms with Crippen LogP contribution in [-0.4, -0.2) is 13.1 Å². The van der Waals surface area contributed by atoms with Gasteiger partial charge in [0.1, 0.15) is 11.3 Å². The van der Waals surface area contributed by atoms with Crippen molar-refractivity contribution in [1.29, 1.82) is 0 Å². The van der Waals surface area contributed by atoms with Gasteiger partial charge in [-0.1, -0.05) is 20.8 Å². The molecule has 0 saturated heterocycles. The first-order valence-electron chi connectivity index (χ1n) is 4.13. The number of rotatable bonds is 1. The summed E-state index contributed by atoms with van der Waals surface area (Å²) in [7, 11) is 1.36. The SMILES string of the molecule is COC(=O)c1ccoc1C(C)(C)C. The number of esters is 1. The fourth-order valence-corrected chi connectivity index (χ4v) is 1.16. The van der Waals surface area contributed by atoms with E-state index >= 15 is 0 Å². The zero-order chi connectivity index (χ0) is 10.1. The van der Waals surface area contributed by atoms with Crippen molar-refractivity contribution in [2.45, 2.75) is 26.2 Å². The smallest absolute Gasteiger partial charge is 0.341 e. The Morgan fingerprint density at radius 1 is 1.46 bits per heavy atom. The molecule has 0 amide bonds. The van der Waals surface area contributed by atoms with Crippen LogP contribution >= 0.6 is 0 Å². The van der Waals surface area contributed by atoms with Crippen molar-refractivity contribution < 1.29 is 13.9 Å². The highest BCUT2D eigenvalue weighted by Gasteiger charge is 2.25. The molecule has 1 aromatic heterocycles. The topological polar surface area (TPSA) is 39.4 Å². The van der Waals surface area contributed by atoms with E-state index in [4.69, 9.17) is 4.42 Å². The van der Waals surface area contributed by atoms with Gasteiger partial charge >= 0.3 is 5.97 Å². The lowest BCUT2D eigenvalue weighted by molar-refractivity contribution is 0.0596. The van der Waals surface area contributed by atoms with Crippen molar-refractivity contribution in [2.75, 3.05) is 7.11 Å². The third-order valence-electron chi connectivity index (χ3n) is 1.75. The third kappa shape index (κ3) is 1.91. The van der Waals surface area contributed by atoms with Crippen molar-refractivity contribution in [3.8, 4) is 0 Å². The van der Waals surface area contributed by atoms with Gasteiger partial charge in [-0.05, 0) is 6.07 Å². The van der Waals surface area contributed by atoms with Crippen LogP contribution in [0.5, 0.6) is 0 Å². The van der Waals surface area contributed by atoms with Gasteiger partial charge in [0.25, 0.3) is 0 Å². The summed E-state index contributed by atoms with van der Waals surface area (Å²) >= 11 is 0. The van der Waals surface area contributed by atoms with Gasteiger partial charge in [0.05, 0.1) is 13.4 Å². The summed E-state index contributed by atoms with van der Waals surface area (Å²) in [5, 5.41) is 0. The third-order valence-corrected chi connectivity index (χ3v) is 1.75. The molecular weight excluding hydrogens is 168 g/mol. The maximum Gasteiger partial charge on any atom is 0.341 e. The quantitative estimate of drug-likeness (QED) is 0.626. The van der Waals surface area contributed by atoms with Crippen LogP contribution in [0.1, 0.15) is 36.9 Å². The van der Waals surface area contributed by atoms with Crippen LogP contribution in [-0.2, 0) is 10.2 Å². The Morgan fingerprint density at radius 3 is 2.54 bits per heavy atom. The van der Waals surface area contributed by atoms with Crippen LogP contribution in [0.25, 0.3) is 0 Å². The Morgan fingerprint density at radius 2 is 2.08 bits per heavy atom.